The zero-order valence-corrected chi connectivity index (χ0v) is 10.0. The minimum atomic E-state index is -0.381. The van der Waals surface area contributed by atoms with Gasteiger partial charge in [-0.2, -0.15) is 0 Å². The molecule has 2 heterocycles. The minimum absolute atomic E-state index is 0.0368. The Morgan fingerprint density at radius 2 is 2.00 bits per heavy atom. The smallest absolute Gasteiger partial charge is 0.328 e. The molecule has 0 aliphatic carbocycles. The molecule has 2 aromatic rings. The van der Waals surface area contributed by atoms with E-state index in [4.69, 9.17) is 5.73 Å². The van der Waals surface area contributed by atoms with Gasteiger partial charge >= 0.3 is 5.69 Å². The van der Waals surface area contributed by atoms with Crippen molar-refractivity contribution in [1.82, 2.24) is 18.7 Å². The number of imidazole rings is 1. The zero-order valence-electron chi connectivity index (χ0n) is 10.0. The second-order valence-electron chi connectivity index (χ2n) is 4.11. The Kier molecular flexibility index (Phi) is 2.62. The van der Waals surface area contributed by atoms with Crippen LogP contribution in [0.1, 0.15) is 13.0 Å². The monoisotopic (exact) mass is 237 g/mol. The molecule has 0 saturated carbocycles. The van der Waals surface area contributed by atoms with Crippen molar-refractivity contribution in [3.8, 4) is 0 Å². The lowest BCUT2D eigenvalue weighted by molar-refractivity contribution is 0.568. The molecule has 1 unspecified atom stereocenters. The van der Waals surface area contributed by atoms with E-state index in [9.17, 15) is 9.59 Å². The third kappa shape index (κ3) is 1.50. The van der Waals surface area contributed by atoms with Crippen molar-refractivity contribution in [3.05, 3.63) is 27.2 Å². The van der Waals surface area contributed by atoms with Gasteiger partial charge in [-0.15, -0.1) is 0 Å². The van der Waals surface area contributed by atoms with E-state index < -0.39 is 0 Å². The van der Waals surface area contributed by atoms with Crippen LogP contribution in [-0.4, -0.2) is 25.2 Å². The molecule has 17 heavy (non-hydrogen) atoms. The molecule has 0 aromatic carbocycles. The molecule has 1 atom stereocenters. The Balaban J connectivity index is 2.96. The fourth-order valence-corrected chi connectivity index (χ4v) is 1.81. The lowest BCUT2D eigenvalue weighted by atomic mass is 10.3. The summed E-state index contributed by atoms with van der Waals surface area (Å²) in [5.74, 6) is 0. The van der Waals surface area contributed by atoms with Gasteiger partial charge in [0.05, 0.1) is 6.33 Å². The summed E-state index contributed by atoms with van der Waals surface area (Å²) in [6.07, 6.45) is 1.54. The second-order valence-corrected chi connectivity index (χ2v) is 4.11. The molecule has 0 spiro atoms. The van der Waals surface area contributed by atoms with Gasteiger partial charge in [-0.05, 0) is 6.92 Å². The van der Waals surface area contributed by atoms with Crippen molar-refractivity contribution < 1.29 is 0 Å². The molecule has 0 amide bonds. The summed E-state index contributed by atoms with van der Waals surface area (Å²) in [6, 6.07) is -0.0368. The average Bonchev–Trinajstić information content (AvgIpc) is 2.77. The Morgan fingerprint density at radius 3 is 2.59 bits per heavy atom. The number of hydrogen-bond donors (Lipinski definition) is 1. The van der Waals surface area contributed by atoms with Gasteiger partial charge in [0.1, 0.15) is 0 Å². The van der Waals surface area contributed by atoms with Gasteiger partial charge in [-0.1, -0.05) is 0 Å². The highest BCUT2D eigenvalue weighted by atomic mass is 16.2. The van der Waals surface area contributed by atoms with Crippen molar-refractivity contribution in [2.24, 2.45) is 19.8 Å². The molecule has 7 nitrogen and oxygen atoms in total. The molecular formula is C10H15N5O2. The van der Waals surface area contributed by atoms with Gasteiger partial charge in [0.15, 0.2) is 11.2 Å². The fraction of sp³-hybridized carbons (Fsp3) is 0.500. The standard InChI is InChI=1S/C10H15N5O2/c1-6(4-11)15-5-12-8-7(15)9(16)14(3)10(17)13(8)2/h5-6H,4,11H2,1-3H3. The van der Waals surface area contributed by atoms with Gasteiger partial charge in [0, 0.05) is 26.7 Å². The van der Waals surface area contributed by atoms with Crippen molar-refractivity contribution in [2.75, 3.05) is 6.54 Å². The maximum Gasteiger partial charge on any atom is 0.332 e. The van der Waals surface area contributed by atoms with Crippen LogP contribution in [0.3, 0.4) is 0 Å². The summed E-state index contributed by atoms with van der Waals surface area (Å²) >= 11 is 0. The fourth-order valence-electron chi connectivity index (χ4n) is 1.81. The zero-order chi connectivity index (χ0) is 12.7. The summed E-state index contributed by atoms with van der Waals surface area (Å²) in [6.45, 7) is 2.29. The first-order valence-corrected chi connectivity index (χ1v) is 5.31. The van der Waals surface area contributed by atoms with Crippen molar-refractivity contribution in [1.29, 1.82) is 0 Å². The van der Waals surface area contributed by atoms with E-state index in [0.29, 0.717) is 17.7 Å². The van der Waals surface area contributed by atoms with E-state index in [2.05, 4.69) is 4.98 Å². The van der Waals surface area contributed by atoms with Crippen LogP contribution in [0.5, 0.6) is 0 Å². The van der Waals surface area contributed by atoms with Gasteiger partial charge in [-0.3, -0.25) is 13.9 Å². The first kappa shape index (κ1) is 11.6. The number of aryl methyl sites for hydroxylation is 1. The van der Waals surface area contributed by atoms with Crippen LogP contribution in [0.15, 0.2) is 15.9 Å². The van der Waals surface area contributed by atoms with Crippen LogP contribution < -0.4 is 17.0 Å². The van der Waals surface area contributed by atoms with Crippen LogP contribution in [-0.2, 0) is 14.1 Å². The molecule has 0 radical (unpaired) electrons. The number of rotatable bonds is 2. The largest absolute Gasteiger partial charge is 0.332 e. The predicted molar refractivity (Wildman–Crippen MR) is 64.0 cm³/mol. The van der Waals surface area contributed by atoms with Crippen LogP contribution in [0.25, 0.3) is 11.2 Å². The number of nitrogens with zero attached hydrogens (tertiary/aromatic N) is 4. The number of nitrogens with two attached hydrogens (primary N) is 1. The van der Waals surface area contributed by atoms with Crippen molar-refractivity contribution in [2.45, 2.75) is 13.0 Å². The van der Waals surface area contributed by atoms with Crippen LogP contribution in [0, 0.1) is 0 Å². The maximum atomic E-state index is 12.1. The van der Waals surface area contributed by atoms with Crippen molar-refractivity contribution >= 4 is 11.2 Å². The van der Waals surface area contributed by atoms with Gasteiger partial charge in [0.25, 0.3) is 5.56 Å². The molecule has 2 rings (SSSR count). The molecule has 2 aromatic heterocycles. The quantitative estimate of drug-likeness (QED) is 0.722. The van der Waals surface area contributed by atoms with Crippen molar-refractivity contribution in [3.63, 3.8) is 0 Å². The first-order valence-electron chi connectivity index (χ1n) is 5.31. The van der Waals surface area contributed by atoms with Gasteiger partial charge in [-0.25, -0.2) is 9.78 Å². The van der Waals surface area contributed by atoms with Gasteiger partial charge < -0.3 is 10.3 Å². The van der Waals surface area contributed by atoms with E-state index in [1.807, 2.05) is 6.92 Å². The van der Waals surface area contributed by atoms with Gasteiger partial charge in [0.2, 0.25) is 0 Å². The van der Waals surface area contributed by atoms with E-state index in [1.54, 1.807) is 17.9 Å². The first-order chi connectivity index (χ1) is 7.99. The molecule has 0 fully saturated rings. The minimum Gasteiger partial charge on any atom is -0.328 e. The lowest BCUT2D eigenvalue weighted by Crippen LogP contribution is -2.38. The maximum absolute atomic E-state index is 12.1. The lowest BCUT2D eigenvalue weighted by Gasteiger charge is -2.11. The molecule has 0 saturated heterocycles. The topological polar surface area (TPSA) is 87.8 Å². The van der Waals surface area contributed by atoms with Crippen LogP contribution in [0.2, 0.25) is 0 Å². The second kappa shape index (κ2) is 3.85. The summed E-state index contributed by atoms with van der Waals surface area (Å²) in [4.78, 5) is 27.9. The highest BCUT2D eigenvalue weighted by Crippen LogP contribution is 2.11. The SMILES string of the molecule is CC(CN)n1cnc2c1c(=O)n(C)c(=O)n2C. The summed E-state index contributed by atoms with van der Waals surface area (Å²) < 4.78 is 4.14. The summed E-state index contributed by atoms with van der Waals surface area (Å²) in [5.41, 5.74) is 5.65. The number of aromatic nitrogens is 4. The molecule has 0 aliphatic rings. The predicted octanol–water partition coefficient (Wildman–Crippen LogP) is -1.05. The average molecular weight is 237 g/mol. The third-order valence-corrected chi connectivity index (χ3v) is 2.99. The summed E-state index contributed by atoms with van der Waals surface area (Å²) in [5, 5.41) is 0. The van der Waals surface area contributed by atoms with E-state index in [-0.39, 0.29) is 17.3 Å². The van der Waals surface area contributed by atoms with E-state index in [0.717, 1.165) is 4.57 Å². The molecule has 7 heteroatoms. The highest BCUT2D eigenvalue weighted by molar-refractivity contribution is 5.70. The third-order valence-electron chi connectivity index (χ3n) is 2.99. The Labute approximate surface area is 97.1 Å². The van der Waals surface area contributed by atoms with Crippen LogP contribution in [0.4, 0.5) is 0 Å². The van der Waals surface area contributed by atoms with E-state index >= 15 is 0 Å². The Morgan fingerprint density at radius 1 is 1.35 bits per heavy atom. The Hall–Kier alpha value is -1.89. The molecule has 2 N–H and O–H groups in total. The van der Waals surface area contributed by atoms with E-state index in [1.165, 1.54) is 11.6 Å². The number of hydrogen-bond acceptors (Lipinski definition) is 4. The molecule has 92 valence electrons. The molecule has 0 bridgehead atoms. The molecular weight excluding hydrogens is 222 g/mol. The molecule has 0 aliphatic heterocycles. The van der Waals surface area contributed by atoms with Crippen LogP contribution >= 0.6 is 0 Å². The summed E-state index contributed by atoms with van der Waals surface area (Å²) in [7, 11) is 3.04. The Bertz CT molecular complexity index is 678. The number of fused-ring (bicyclic) bond motifs is 1. The highest BCUT2D eigenvalue weighted by Gasteiger charge is 2.16. The normalized spacial score (nSPS) is 13.2.